The van der Waals surface area contributed by atoms with Gasteiger partial charge in [-0.3, -0.25) is 0 Å². The molecule has 1 rings (SSSR count). The van der Waals surface area contributed by atoms with Gasteiger partial charge in [0.05, 0.1) is 17.7 Å². The number of benzene rings is 1. The van der Waals surface area contributed by atoms with E-state index >= 15 is 0 Å². The zero-order valence-electron chi connectivity index (χ0n) is 8.00. The highest BCUT2D eigenvalue weighted by molar-refractivity contribution is 9.10. The SMILES string of the molecule is CSCCOc1ccc(CO)cc1Br. The largest absolute Gasteiger partial charge is 0.492 e. The second-order valence-electron chi connectivity index (χ2n) is 2.76. The summed E-state index contributed by atoms with van der Waals surface area (Å²) in [6.07, 6.45) is 2.05. The van der Waals surface area contributed by atoms with E-state index in [9.17, 15) is 0 Å². The van der Waals surface area contributed by atoms with Gasteiger partial charge in [0.15, 0.2) is 0 Å². The van der Waals surface area contributed by atoms with E-state index in [0.29, 0.717) is 6.61 Å². The van der Waals surface area contributed by atoms with E-state index in [4.69, 9.17) is 9.84 Å². The van der Waals surface area contributed by atoms with Crippen LogP contribution in [0.2, 0.25) is 0 Å². The summed E-state index contributed by atoms with van der Waals surface area (Å²) in [5, 5.41) is 8.90. The van der Waals surface area contributed by atoms with E-state index in [-0.39, 0.29) is 6.61 Å². The van der Waals surface area contributed by atoms with Crippen LogP contribution in [0.1, 0.15) is 5.56 Å². The number of aliphatic hydroxyl groups is 1. The van der Waals surface area contributed by atoms with Gasteiger partial charge in [-0.2, -0.15) is 11.8 Å². The van der Waals surface area contributed by atoms with Gasteiger partial charge in [-0.1, -0.05) is 6.07 Å². The molecule has 1 aromatic carbocycles. The molecule has 0 aliphatic rings. The van der Waals surface area contributed by atoms with E-state index in [1.165, 1.54) is 0 Å². The van der Waals surface area contributed by atoms with Crippen LogP contribution in [0.25, 0.3) is 0 Å². The minimum absolute atomic E-state index is 0.0592. The Morgan fingerprint density at radius 1 is 1.50 bits per heavy atom. The third-order valence-electron chi connectivity index (χ3n) is 1.72. The Morgan fingerprint density at radius 3 is 2.86 bits per heavy atom. The predicted octanol–water partition coefficient (Wildman–Crippen LogP) is 2.68. The van der Waals surface area contributed by atoms with Gasteiger partial charge < -0.3 is 9.84 Å². The normalized spacial score (nSPS) is 10.2. The summed E-state index contributed by atoms with van der Waals surface area (Å²) in [4.78, 5) is 0. The average molecular weight is 277 g/mol. The van der Waals surface area contributed by atoms with Crippen LogP contribution in [0.5, 0.6) is 5.75 Å². The molecule has 0 bridgehead atoms. The molecule has 1 N–H and O–H groups in total. The Bertz CT molecular complexity index is 291. The van der Waals surface area contributed by atoms with Crippen LogP contribution in [0, 0.1) is 0 Å². The fourth-order valence-electron chi connectivity index (χ4n) is 0.995. The molecule has 1 aromatic rings. The first-order valence-electron chi connectivity index (χ1n) is 4.29. The second kappa shape index (κ2) is 6.32. The van der Waals surface area contributed by atoms with E-state index in [0.717, 1.165) is 21.5 Å². The molecule has 0 heterocycles. The number of rotatable bonds is 5. The number of aliphatic hydroxyl groups excluding tert-OH is 1. The van der Waals surface area contributed by atoms with Crippen LogP contribution in [-0.4, -0.2) is 23.7 Å². The Morgan fingerprint density at radius 2 is 2.29 bits per heavy atom. The Hall–Kier alpha value is -0.190. The van der Waals surface area contributed by atoms with E-state index in [1.54, 1.807) is 11.8 Å². The van der Waals surface area contributed by atoms with Gasteiger partial charge in [0, 0.05) is 5.75 Å². The van der Waals surface area contributed by atoms with Gasteiger partial charge in [-0.15, -0.1) is 0 Å². The maximum atomic E-state index is 8.90. The highest BCUT2D eigenvalue weighted by Gasteiger charge is 2.01. The van der Waals surface area contributed by atoms with Crippen molar-refractivity contribution in [3.05, 3.63) is 28.2 Å². The van der Waals surface area contributed by atoms with E-state index in [2.05, 4.69) is 15.9 Å². The summed E-state index contributed by atoms with van der Waals surface area (Å²) in [5.74, 6) is 1.81. The van der Waals surface area contributed by atoms with Gasteiger partial charge in [0.25, 0.3) is 0 Å². The van der Waals surface area contributed by atoms with Crippen LogP contribution in [0.15, 0.2) is 22.7 Å². The molecule has 0 aromatic heterocycles. The van der Waals surface area contributed by atoms with Gasteiger partial charge in [-0.25, -0.2) is 0 Å². The smallest absolute Gasteiger partial charge is 0.133 e. The fraction of sp³-hybridized carbons (Fsp3) is 0.400. The Balaban J connectivity index is 2.59. The number of thioether (sulfide) groups is 1. The first-order chi connectivity index (χ1) is 6.77. The topological polar surface area (TPSA) is 29.5 Å². The van der Waals surface area contributed by atoms with Gasteiger partial charge >= 0.3 is 0 Å². The quantitative estimate of drug-likeness (QED) is 0.839. The van der Waals surface area contributed by atoms with Crippen molar-refractivity contribution in [2.24, 2.45) is 0 Å². The zero-order chi connectivity index (χ0) is 10.4. The number of ether oxygens (including phenoxy) is 1. The number of hydrogen-bond donors (Lipinski definition) is 1. The molecule has 0 aliphatic heterocycles. The molecule has 0 radical (unpaired) electrons. The van der Waals surface area contributed by atoms with Gasteiger partial charge in [0.1, 0.15) is 5.75 Å². The molecular weight excluding hydrogens is 264 g/mol. The molecule has 0 atom stereocenters. The van der Waals surface area contributed by atoms with Gasteiger partial charge in [0.2, 0.25) is 0 Å². The summed E-state index contributed by atoms with van der Waals surface area (Å²) in [6.45, 7) is 0.766. The third kappa shape index (κ3) is 3.52. The molecule has 0 fully saturated rings. The van der Waals surface area contributed by atoms with Crippen molar-refractivity contribution in [1.82, 2.24) is 0 Å². The lowest BCUT2D eigenvalue weighted by Crippen LogP contribution is -2.00. The van der Waals surface area contributed by atoms with Crippen LogP contribution in [0.3, 0.4) is 0 Å². The van der Waals surface area contributed by atoms with Crippen LogP contribution in [0.4, 0.5) is 0 Å². The van der Waals surface area contributed by atoms with Crippen molar-refractivity contribution >= 4 is 27.7 Å². The number of hydrogen-bond acceptors (Lipinski definition) is 3. The summed E-state index contributed by atoms with van der Waals surface area (Å²) >= 11 is 5.15. The van der Waals surface area contributed by atoms with Crippen molar-refractivity contribution in [1.29, 1.82) is 0 Å². The minimum atomic E-state index is 0.0592. The van der Waals surface area contributed by atoms with Crippen molar-refractivity contribution in [2.75, 3.05) is 18.6 Å². The lowest BCUT2D eigenvalue weighted by atomic mass is 10.2. The second-order valence-corrected chi connectivity index (χ2v) is 4.60. The monoisotopic (exact) mass is 276 g/mol. The summed E-state index contributed by atoms with van der Waals surface area (Å²) in [5.41, 5.74) is 0.883. The highest BCUT2D eigenvalue weighted by Crippen LogP contribution is 2.26. The first kappa shape index (κ1) is 11.9. The Kier molecular flexibility index (Phi) is 5.37. The molecule has 0 aliphatic carbocycles. The van der Waals surface area contributed by atoms with Crippen molar-refractivity contribution in [3.63, 3.8) is 0 Å². The minimum Gasteiger partial charge on any atom is -0.492 e. The molecule has 0 saturated heterocycles. The maximum absolute atomic E-state index is 8.90. The lowest BCUT2D eigenvalue weighted by molar-refractivity contribution is 0.281. The van der Waals surface area contributed by atoms with Gasteiger partial charge in [-0.05, 0) is 39.9 Å². The van der Waals surface area contributed by atoms with Crippen molar-refractivity contribution < 1.29 is 9.84 Å². The fourth-order valence-corrected chi connectivity index (χ4v) is 1.79. The molecule has 0 spiro atoms. The first-order valence-corrected chi connectivity index (χ1v) is 6.47. The lowest BCUT2D eigenvalue weighted by Gasteiger charge is -2.08. The highest BCUT2D eigenvalue weighted by atomic mass is 79.9. The summed E-state index contributed by atoms with van der Waals surface area (Å²) < 4.78 is 6.42. The molecule has 0 saturated carbocycles. The number of halogens is 1. The predicted molar refractivity (Wildman–Crippen MR) is 63.9 cm³/mol. The molecule has 78 valence electrons. The van der Waals surface area contributed by atoms with Crippen molar-refractivity contribution in [3.8, 4) is 5.75 Å². The molecule has 14 heavy (non-hydrogen) atoms. The van der Waals surface area contributed by atoms with Crippen LogP contribution >= 0.6 is 27.7 Å². The molecule has 0 amide bonds. The van der Waals surface area contributed by atoms with Crippen LogP contribution < -0.4 is 4.74 Å². The maximum Gasteiger partial charge on any atom is 0.133 e. The molecule has 0 unspecified atom stereocenters. The zero-order valence-corrected chi connectivity index (χ0v) is 10.4. The summed E-state index contributed by atoms with van der Waals surface area (Å²) in [6, 6.07) is 5.60. The summed E-state index contributed by atoms with van der Waals surface area (Å²) in [7, 11) is 0. The Labute approximate surface area is 96.8 Å². The van der Waals surface area contributed by atoms with Crippen molar-refractivity contribution in [2.45, 2.75) is 6.61 Å². The third-order valence-corrected chi connectivity index (χ3v) is 2.92. The van der Waals surface area contributed by atoms with E-state index in [1.807, 2.05) is 24.5 Å². The molecule has 2 nitrogen and oxygen atoms in total. The molecular formula is C10H13BrO2S. The molecule has 4 heteroatoms. The average Bonchev–Trinajstić information content (AvgIpc) is 2.20. The van der Waals surface area contributed by atoms with Crippen LogP contribution in [-0.2, 0) is 6.61 Å². The standard InChI is InChI=1S/C10H13BrO2S/c1-14-5-4-13-10-3-2-8(7-12)6-9(10)11/h2-3,6,12H,4-5,7H2,1H3. The van der Waals surface area contributed by atoms with E-state index < -0.39 is 0 Å².